The Hall–Kier alpha value is -1.68. The quantitative estimate of drug-likeness (QED) is 0.427. The fraction of sp³-hybridized carbons (Fsp3) is 0.520. The monoisotopic (exact) mass is 381 g/mol. The van der Waals surface area contributed by atoms with Gasteiger partial charge in [0.15, 0.2) is 0 Å². The fourth-order valence-electron chi connectivity index (χ4n) is 3.58. The summed E-state index contributed by atoms with van der Waals surface area (Å²) in [4.78, 5) is 2.63. The number of nitrogens with one attached hydrogen (secondary N) is 1. The summed E-state index contributed by atoms with van der Waals surface area (Å²) < 4.78 is 0. The second kappa shape index (κ2) is 15.3. The second-order valence-corrected chi connectivity index (χ2v) is 7.62. The van der Waals surface area contributed by atoms with E-state index < -0.39 is 0 Å². The fourth-order valence-corrected chi connectivity index (χ4v) is 3.58. The van der Waals surface area contributed by atoms with Crippen LogP contribution in [0.1, 0.15) is 43.2 Å². The Balaban J connectivity index is 1.55. The SMILES string of the molecule is NCCCCN(CCCNCCCc1ccccc1)CCCc1ccccc1. The van der Waals surface area contributed by atoms with Crippen LogP contribution in [-0.4, -0.2) is 44.2 Å². The van der Waals surface area contributed by atoms with Gasteiger partial charge in [-0.05, 0) is 95.3 Å². The van der Waals surface area contributed by atoms with Gasteiger partial charge in [0.05, 0.1) is 0 Å². The zero-order valence-electron chi connectivity index (χ0n) is 17.5. The molecule has 0 aliphatic heterocycles. The van der Waals surface area contributed by atoms with Crippen LogP contribution in [0, 0.1) is 0 Å². The minimum atomic E-state index is 0.806. The first kappa shape index (κ1) is 22.6. The summed E-state index contributed by atoms with van der Waals surface area (Å²) >= 11 is 0. The lowest BCUT2D eigenvalue weighted by Crippen LogP contribution is -2.30. The molecular formula is C25H39N3. The maximum absolute atomic E-state index is 5.67. The van der Waals surface area contributed by atoms with E-state index in [-0.39, 0.29) is 0 Å². The first-order chi connectivity index (χ1) is 13.9. The van der Waals surface area contributed by atoms with Crippen molar-refractivity contribution < 1.29 is 0 Å². The number of nitrogens with two attached hydrogens (primary N) is 1. The normalized spacial score (nSPS) is 11.2. The molecular weight excluding hydrogens is 342 g/mol. The van der Waals surface area contributed by atoms with Gasteiger partial charge in [0.2, 0.25) is 0 Å². The molecule has 2 aromatic rings. The highest BCUT2D eigenvalue weighted by molar-refractivity contribution is 5.15. The van der Waals surface area contributed by atoms with Crippen LogP contribution in [0.4, 0.5) is 0 Å². The molecule has 0 spiro atoms. The van der Waals surface area contributed by atoms with Crippen molar-refractivity contribution in [2.75, 3.05) is 39.3 Å². The molecule has 0 radical (unpaired) electrons. The standard InChI is InChI=1S/C25H39N3/c26-18-7-8-21-28(22-10-17-25-14-5-2-6-15-25)23-11-20-27-19-9-16-24-12-3-1-4-13-24/h1-6,12-15,27H,7-11,16-23,26H2. The van der Waals surface area contributed by atoms with Crippen LogP contribution in [0.2, 0.25) is 0 Å². The Labute approximate surface area is 172 Å². The summed E-state index contributed by atoms with van der Waals surface area (Å²) in [5.41, 5.74) is 8.56. The zero-order chi connectivity index (χ0) is 19.7. The molecule has 3 N–H and O–H groups in total. The molecule has 2 aromatic carbocycles. The zero-order valence-corrected chi connectivity index (χ0v) is 17.5. The maximum Gasteiger partial charge on any atom is -0.000664 e. The van der Waals surface area contributed by atoms with Gasteiger partial charge in [-0.15, -0.1) is 0 Å². The summed E-state index contributed by atoms with van der Waals surface area (Å²) in [6.07, 6.45) is 8.35. The van der Waals surface area contributed by atoms with Crippen LogP contribution in [0.5, 0.6) is 0 Å². The van der Waals surface area contributed by atoms with Crippen molar-refractivity contribution in [2.45, 2.75) is 44.9 Å². The highest BCUT2D eigenvalue weighted by atomic mass is 15.1. The van der Waals surface area contributed by atoms with Gasteiger partial charge in [-0.2, -0.15) is 0 Å². The lowest BCUT2D eigenvalue weighted by molar-refractivity contribution is 0.261. The Morgan fingerprint density at radius 2 is 1.14 bits per heavy atom. The van der Waals surface area contributed by atoms with Crippen molar-refractivity contribution in [3.8, 4) is 0 Å². The van der Waals surface area contributed by atoms with Crippen molar-refractivity contribution in [3.63, 3.8) is 0 Å². The average Bonchev–Trinajstić information content (AvgIpc) is 2.74. The van der Waals surface area contributed by atoms with E-state index in [9.17, 15) is 0 Å². The number of unbranched alkanes of at least 4 members (excludes halogenated alkanes) is 1. The third-order valence-corrected chi connectivity index (χ3v) is 5.20. The minimum absolute atomic E-state index is 0.806. The summed E-state index contributed by atoms with van der Waals surface area (Å²) in [5.74, 6) is 0. The van der Waals surface area contributed by atoms with E-state index >= 15 is 0 Å². The molecule has 0 unspecified atom stereocenters. The molecule has 0 heterocycles. The molecule has 0 aliphatic carbocycles. The first-order valence-corrected chi connectivity index (χ1v) is 11.1. The molecule has 0 saturated heterocycles. The summed E-state index contributed by atoms with van der Waals surface area (Å²) in [7, 11) is 0. The number of rotatable bonds is 16. The summed E-state index contributed by atoms with van der Waals surface area (Å²) in [6.45, 7) is 6.58. The maximum atomic E-state index is 5.67. The van der Waals surface area contributed by atoms with Gasteiger partial charge in [0.25, 0.3) is 0 Å². The summed E-state index contributed by atoms with van der Waals surface area (Å²) in [6, 6.07) is 21.6. The highest BCUT2D eigenvalue weighted by Crippen LogP contribution is 2.05. The minimum Gasteiger partial charge on any atom is -0.330 e. The Morgan fingerprint density at radius 1 is 0.607 bits per heavy atom. The number of benzene rings is 2. The molecule has 0 fully saturated rings. The molecule has 0 atom stereocenters. The van der Waals surface area contributed by atoms with Crippen LogP contribution in [0.3, 0.4) is 0 Å². The molecule has 0 aromatic heterocycles. The Morgan fingerprint density at radius 3 is 1.79 bits per heavy atom. The number of hydrogen-bond acceptors (Lipinski definition) is 3. The van der Waals surface area contributed by atoms with Crippen LogP contribution in [-0.2, 0) is 12.8 Å². The predicted molar refractivity (Wildman–Crippen MR) is 122 cm³/mol. The molecule has 3 nitrogen and oxygen atoms in total. The predicted octanol–water partition coefficient (Wildman–Crippen LogP) is 4.27. The van der Waals surface area contributed by atoms with E-state index in [1.54, 1.807) is 0 Å². The average molecular weight is 382 g/mol. The van der Waals surface area contributed by atoms with E-state index in [0.29, 0.717) is 0 Å². The molecule has 0 saturated carbocycles. The van der Waals surface area contributed by atoms with E-state index in [1.807, 2.05) is 0 Å². The molecule has 28 heavy (non-hydrogen) atoms. The third kappa shape index (κ3) is 10.6. The van der Waals surface area contributed by atoms with E-state index in [1.165, 1.54) is 69.3 Å². The number of aryl methyl sites for hydroxylation is 2. The number of hydrogen-bond donors (Lipinski definition) is 2. The molecule has 3 heteroatoms. The third-order valence-electron chi connectivity index (χ3n) is 5.20. The Bertz CT molecular complexity index is 585. The van der Waals surface area contributed by atoms with Crippen LogP contribution in [0.25, 0.3) is 0 Å². The van der Waals surface area contributed by atoms with Crippen molar-refractivity contribution in [1.29, 1.82) is 0 Å². The number of nitrogens with zero attached hydrogens (tertiary/aromatic N) is 1. The first-order valence-electron chi connectivity index (χ1n) is 11.1. The molecule has 0 amide bonds. The molecule has 154 valence electrons. The molecule has 0 aliphatic rings. The van der Waals surface area contributed by atoms with Gasteiger partial charge in [-0.3, -0.25) is 0 Å². The van der Waals surface area contributed by atoms with Crippen LogP contribution >= 0.6 is 0 Å². The smallest absolute Gasteiger partial charge is 0.000664 e. The van der Waals surface area contributed by atoms with Crippen molar-refractivity contribution >= 4 is 0 Å². The van der Waals surface area contributed by atoms with Gasteiger partial charge < -0.3 is 16.0 Å². The topological polar surface area (TPSA) is 41.3 Å². The van der Waals surface area contributed by atoms with Crippen LogP contribution in [0.15, 0.2) is 60.7 Å². The molecule has 0 bridgehead atoms. The largest absolute Gasteiger partial charge is 0.330 e. The van der Waals surface area contributed by atoms with E-state index in [2.05, 4.69) is 70.9 Å². The molecule has 2 rings (SSSR count). The lowest BCUT2D eigenvalue weighted by atomic mass is 10.1. The Kier molecular flexibility index (Phi) is 12.3. The summed E-state index contributed by atoms with van der Waals surface area (Å²) in [5, 5.41) is 3.61. The van der Waals surface area contributed by atoms with Gasteiger partial charge in [0.1, 0.15) is 0 Å². The lowest BCUT2D eigenvalue weighted by Gasteiger charge is -2.22. The van der Waals surface area contributed by atoms with Crippen LogP contribution < -0.4 is 11.1 Å². The van der Waals surface area contributed by atoms with E-state index in [4.69, 9.17) is 5.73 Å². The van der Waals surface area contributed by atoms with Gasteiger partial charge in [0, 0.05) is 0 Å². The highest BCUT2D eigenvalue weighted by Gasteiger charge is 2.05. The van der Waals surface area contributed by atoms with E-state index in [0.717, 1.165) is 26.1 Å². The van der Waals surface area contributed by atoms with Gasteiger partial charge in [-0.25, -0.2) is 0 Å². The second-order valence-electron chi connectivity index (χ2n) is 7.62. The van der Waals surface area contributed by atoms with Gasteiger partial charge >= 0.3 is 0 Å². The van der Waals surface area contributed by atoms with Crippen molar-refractivity contribution in [2.24, 2.45) is 5.73 Å². The van der Waals surface area contributed by atoms with Crippen molar-refractivity contribution in [1.82, 2.24) is 10.2 Å². The van der Waals surface area contributed by atoms with Gasteiger partial charge in [-0.1, -0.05) is 60.7 Å². The van der Waals surface area contributed by atoms with Crippen molar-refractivity contribution in [3.05, 3.63) is 71.8 Å².